The molecule has 5 nitrogen and oxygen atoms in total. The molecule has 0 saturated carbocycles. The zero-order valence-corrected chi connectivity index (χ0v) is 31.4. The van der Waals surface area contributed by atoms with Gasteiger partial charge in [-0.25, -0.2) is 15.0 Å². The first-order valence-corrected chi connectivity index (χ1v) is 19.8. The number of para-hydroxylation sites is 1. The highest BCUT2D eigenvalue weighted by atomic mass is 16.5. The van der Waals surface area contributed by atoms with Crippen LogP contribution in [0.3, 0.4) is 0 Å². The largest absolute Gasteiger partial charge is 0.461 e. The van der Waals surface area contributed by atoms with E-state index in [-0.39, 0.29) is 5.92 Å². The third-order valence-electron chi connectivity index (χ3n) is 11.8. The number of allylic oxidation sites excluding steroid dienone is 5. The van der Waals surface area contributed by atoms with Crippen molar-refractivity contribution in [3.8, 4) is 51.5 Å². The number of fused-ring (bicyclic) bond motifs is 12. The highest BCUT2D eigenvalue weighted by Crippen LogP contribution is 2.46. The van der Waals surface area contributed by atoms with E-state index in [1.165, 1.54) is 38.2 Å². The van der Waals surface area contributed by atoms with Gasteiger partial charge in [-0.05, 0) is 92.7 Å². The summed E-state index contributed by atoms with van der Waals surface area (Å²) in [5, 5.41) is 7.03. The lowest BCUT2D eigenvalue weighted by atomic mass is 9.87. The quantitative estimate of drug-likeness (QED) is 0.133. The molecular formula is C53H33N3O2. The first kappa shape index (κ1) is 32.7. The van der Waals surface area contributed by atoms with E-state index in [9.17, 15) is 0 Å². The number of nitrogens with zero attached hydrogens (tertiary/aromatic N) is 3. The van der Waals surface area contributed by atoms with E-state index in [1.54, 1.807) is 0 Å². The highest BCUT2D eigenvalue weighted by molar-refractivity contribution is 6.17. The lowest BCUT2D eigenvalue weighted by molar-refractivity contribution is 0.426. The zero-order chi connectivity index (χ0) is 38.2. The van der Waals surface area contributed by atoms with Crippen molar-refractivity contribution in [2.75, 3.05) is 0 Å². The Balaban J connectivity index is 1.01. The molecule has 0 radical (unpaired) electrons. The minimum atomic E-state index is 0.202. The van der Waals surface area contributed by atoms with Crippen molar-refractivity contribution in [3.05, 3.63) is 180 Å². The summed E-state index contributed by atoms with van der Waals surface area (Å²) in [5.74, 6) is 10.6. The number of benzene rings is 7. The molecule has 3 aliphatic rings. The van der Waals surface area contributed by atoms with Gasteiger partial charge in [-0.15, -0.1) is 0 Å². The van der Waals surface area contributed by atoms with Gasteiger partial charge in [-0.2, -0.15) is 0 Å². The monoisotopic (exact) mass is 743 g/mol. The van der Waals surface area contributed by atoms with Gasteiger partial charge in [0.1, 0.15) is 22.7 Å². The molecule has 0 spiro atoms. The van der Waals surface area contributed by atoms with Crippen LogP contribution in [0.15, 0.2) is 162 Å². The Kier molecular flexibility index (Phi) is 7.33. The maximum Gasteiger partial charge on any atom is 0.164 e. The molecule has 58 heavy (non-hydrogen) atoms. The molecule has 0 amide bonds. The van der Waals surface area contributed by atoms with Crippen LogP contribution in [-0.2, 0) is 6.42 Å². The molecule has 1 aliphatic heterocycles. The van der Waals surface area contributed by atoms with Crippen LogP contribution in [0.1, 0.15) is 41.3 Å². The molecule has 1 unspecified atom stereocenters. The van der Waals surface area contributed by atoms with E-state index in [2.05, 4.69) is 115 Å². The van der Waals surface area contributed by atoms with Crippen LogP contribution in [0.25, 0.3) is 89.0 Å². The Bertz CT molecular complexity index is 3360. The number of aromatic nitrogens is 3. The summed E-state index contributed by atoms with van der Waals surface area (Å²) in [6.45, 7) is 0. The maximum atomic E-state index is 6.54. The Morgan fingerprint density at radius 3 is 2.31 bits per heavy atom. The van der Waals surface area contributed by atoms with Gasteiger partial charge in [0.15, 0.2) is 17.5 Å². The minimum absolute atomic E-state index is 0.202. The van der Waals surface area contributed by atoms with Gasteiger partial charge >= 0.3 is 0 Å². The van der Waals surface area contributed by atoms with E-state index < -0.39 is 0 Å². The predicted octanol–water partition coefficient (Wildman–Crippen LogP) is 12.9. The van der Waals surface area contributed by atoms with Crippen LogP contribution in [0.4, 0.5) is 0 Å². The molecule has 9 aromatic rings. The zero-order valence-electron chi connectivity index (χ0n) is 31.4. The van der Waals surface area contributed by atoms with Crippen LogP contribution in [0, 0.1) is 11.8 Å². The van der Waals surface area contributed by atoms with E-state index in [0.29, 0.717) is 17.5 Å². The SMILES string of the molecule is C1#CCc2c(c3ccccc3c3cc(-c4cccc5oc6ccc(-c7nc(C8=CCC9C(=C8)Oc8ccccc89)nc(-c8ccccc8)n7)cc6c45)ccc23)/C=C\C1. The topological polar surface area (TPSA) is 61.0 Å². The van der Waals surface area contributed by atoms with Gasteiger partial charge in [-0.1, -0.05) is 127 Å². The van der Waals surface area contributed by atoms with Gasteiger partial charge in [0.05, 0.1) is 0 Å². The molecule has 7 aromatic carbocycles. The summed E-state index contributed by atoms with van der Waals surface area (Å²) in [6.07, 6.45) is 11.1. The molecule has 0 N–H and O–H groups in total. The van der Waals surface area contributed by atoms with Crippen LogP contribution in [0.5, 0.6) is 5.75 Å². The highest BCUT2D eigenvalue weighted by Gasteiger charge is 2.32. The van der Waals surface area contributed by atoms with Gasteiger partial charge < -0.3 is 9.15 Å². The number of hydrogen-bond acceptors (Lipinski definition) is 5. The van der Waals surface area contributed by atoms with E-state index >= 15 is 0 Å². The fourth-order valence-electron chi connectivity index (χ4n) is 9.05. The Labute approximate surface area is 334 Å². The fraction of sp³-hybridized carbons (Fsp3) is 0.0755. The summed E-state index contributed by atoms with van der Waals surface area (Å²) in [5.41, 5.74) is 10.4. The van der Waals surface area contributed by atoms with Crippen molar-refractivity contribution in [1.82, 2.24) is 15.0 Å². The molecule has 0 saturated heterocycles. The third-order valence-corrected chi connectivity index (χ3v) is 11.8. The van der Waals surface area contributed by atoms with E-state index in [4.69, 9.17) is 24.1 Å². The van der Waals surface area contributed by atoms with Crippen molar-refractivity contribution < 1.29 is 9.15 Å². The lowest BCUT2D eigenvalue weighted by Gasteiger charge is -2.16. The number of ether oxygens (including phenoxy) is 1. The molecule has 2 aromatic heterocycles. The first-order chi connectivity index (χ1) is 28.7. The lowest BCUT2D eigenvalue weighted by Crippen LogP contribution is -2.07. The fourth-order valence-corrected chi connectivity index (χ4v) is 9.05. The van der Waals surface area contributed by atoms with Gasteiger partial charge in [0, 0.05) is 51.8 Å². The van der Waals surface area contributed by atoms with Crippen molar-refractivity contribution >= 4 is 55.1 Å². The Morgan fingerprint density at radius 2 is 1.38 bits per heavy atom. The Morgan fingerprint density at radius 1 is 0.586 bits per heavy atom. The smallest absolute Gasteiger partial charge is 0.164 e. The second kappa shape index (κ2) is 13.0. The number of furan rings is 1. The summed E-state index contributed by atoms with van der Waals surface area (Å²) in [4.78, 5) is 15.3. The molecule has 3 heterocycles. The number of rotatable bonds is 4. The maximum absolute atomic E-state index is 6.54. The average molecular weight is 744 g/mol. The molecule has 5 heteroatoms. The molecule has 1 atom stereocenters. The van der Waals surface area contributed by atoms with Gasteiger partial charge in [0.25, 0.3) is 0 Å². The van der Waals surface area contributed by atoms with Crippen LogP contribution in [0.2, 0.25) is 0 Å². The molecular weight excluding hydrogens is 711 g/mol. The summed E-state index contributed by atoms with van der Waals surface area (Å²) in [7, 11) is 0. The van der Waals surface area contributed by atoms with Gasteiger partial charge in [-0.3, -0.25) is 0 Å². The standard InChI is InChI=1S/C53H33N3O2/c1-2-7-16-39-37(15-6-1)38-17-8-9-18-40(38)44-29-33(23-26-41(39)44)36-20-12-22-48-50(36)45-30-34(25-28-47(45)57-48)52-54-51(32-13-4-3-5-14-32)55-53(56-52)35-24-27-43-42-19-10-11-21-46(42)58-49(43)31-35/h3-6,8-15,17-26,28-31,43H,1,16,27H2/b15-6-. The minimum Gasteiger partial charge on any atom is -0.461 e. The van der Waals surface area contributed by atoms with Crippen molar-refractivity contribution in [2.45, 2.75) is 25.2 Å². The summed E-state index contributed by atoms with van der Waals surface area (Å²) in [6, 6.07) is 46.6. The molecule has 272 valence electrons. The normalized spacial score (nSPS) is 16.0. The second-order valence-electron chi connectivity index (χ2n) is 15.1. The van der Waals surface area contributed by atoms with Gasteiger partial charge in [0.2, 0.25) is 0 Å². The van der Waals surface area contributed by atoms with Crippen molar-refractivity contribution in [2.24, 2.45) is 0 Å². The van der Waals surface area contributed by atoms with Crippen LogP contribution < -0.4 is 4.74 Å². The molecule has 0 fully saturated rings. The van der Waals surface area contributed by atoms with Crippen molar-refractivity contribution in [1.29, 1.82) is 0 Å². The molecule has 12 rings (SSSR count). The number of hydrogen-bond donors (Lipinski definition) is 0. The van der Waals surface area contributed by atoms with E-state index in [1.807, 2.05) is 54.6 Å². The average Bonchev–Trinajstić information content (AvgIpc) is 3.84. The van der Waals surface area contributed by atoms with Crippen molar-refractivity contribution in [3.63, 3.8) is 0 Å². The first-order valence-electron chi connectivity index (χ1n) is 19.8. The van der Waals surface area contributed by atoms with E-state index in [0.717, 1.165) is 80.5 Å². The van der Waals surface area contributed by atoms with Crippen LogP contribution >= 0.6 is 0 Å². The summed E-state index contributed by atoms with van der Waals surface area (Å²) >= 11 is 0. The molecule has 0 bridgehead atoms. The Hall–Kier alpha value is -7.55. The summed E-state index contributed by atoms with van der Waals surface area (Å²) < 4.78 is 12.9. The second-order valence-corrected chi connectivity index (χ2v) is 15.1. The third kappa shape index (κ3) is 5.23. The van der Waals surface area contributed by atoms with Crippen LogP contribution in [-0.4, -0.2) is 15.0 Å². The predicted molar refractivity (Wildman–Crippen MR) is 234 cm³/mol. The molecule has 2 aliphatic carbocycles.